The molecule has 0 aromatic heterocycles. The molecule has 1 nitrogen and oxygen atoms in total. The molecule has 0 amide bonds. The van der Waals surface area contributed by atoms with Gasteiger partial charge < -0.3 is 0 Å². The summed E-state index contributed by atoms with van der Waals surface area (Å²) in [7, 11) is 0. The SMILES string of the molecule is CC(C)=CC/C=C(\C)[C@@H]1CC[C@]2(C)CC(=O)[C@H](C)CC[C@@H]12. The third-order valence-electron chi connectivity index (χ3n) is 6.00. The fourth-order valence-electron chi connectivity index (χ4n) is 4.47. The van der Waals surface area contributed by atoms with Crippen molar-refractivity contribution in [3.05, 3.63) is 23.3 Å². The molecule has 0 aromatic carbocycles. The number of allylic oxidation sites excluding steroid dienone is 4. The Balaban J connectivity index is 2.13. The van der Waals surface area contributed by atoms with Crippen LogP contribution >= 0.6 is 0 Å². The number of hydrogen-bond acceptors (Lipinski definition) is 1. The number of carbonyl (C=O) groups excluding carboxylic acids is 1. The third-order valence-corrected chi connectivity index (χ3v) is 6.00. The Bertz CT molecular complexity index is 452. The maximum absolute atomic E-state index is 12.3. The standard InChI is InChI=1S/C20H32O/c1-14(2)7-6-8-15(3)17-11-12-20(5)13-19(21)16(4)9-10-18(17)20/h7-8,16-18H,6,9-13H2,1-5H3/b15-8+/t16-,17+,18+,20-/m1/s1. The second-order valence-corrected chi connectivity index (χ2v) is 7.99. The Kier molecular flexibility index (Phi) is 5.11. The second-order valence-electron chi connectivity index (χ2n) is 7.99. The molecule has 21 heavy (non-hydrogen) atoms. The van der Waals surface area contributed by atoms with Crippen LogP contribution in [-0.4, -0.2) is 5.78 Å². The van der Waals surface area contributed by atoms with Crippen molar-refractivity contribution in [2.45, 2.75) is 73.1 Å². The summed E-state index contributed by atoms with van der Waals surface area (Å²) < 4.78 is 0. The third kappa shape index (κ3) is 3.67. The maximum atomic E-state index is 12.3. The van der Waals surface area contributed by atoms with Crippen molar-refractivity contribution in [2.24, 2.45) is 23.2 Å². The molecule has 2 aliphatic rings. The molecule has 0 saturated heterocycles. The number of Topliss-reactive ketones (excluding diaryl/α,β-unsaturated/α-hetero) is 1. The minimum absolute atomic E-state index is 0.262. The second kappa shape index (κ2) is 6.50. The highest BCUT2D eigenvalue weighted by molar-refractivity contribution is 5.81. The van der Waals surface area contributed by atoms with Crippen LogP contribution in [0.5, 0.6) is 0 Å². The highest BCUT2D eigenvalue weighted by Crippen LogP contribution is 2.55. The van der Waals surface area contributed by atoms with Crippen LogP contribution in [0.3, 0.4) is 0 Å². The van der Waals surface area contributed by atoms with Gasteiger partial charge in [0.1, 0.15) is 5.78 Å². The molecule has 2 fully saturated rings. The Morgan fingerprint density at radius 1 is 1.19 bits per heavy atom. The average Bonchev–Trinajstić information content (AvgIpc) is 2.66. The van der Waals surface area contributed by atoms with Gasteiger partial charge in [-0.05, 0) is 70.1 Å². The van der Waals surface area contributed by atoms with Gasteiger partial charge in [-0.3, -0.25) is 4.79 Å². The van der Waals surface area contributed by atoms with Crippen molar-refractivity contribution in [1.29, 1.82) is 0 Å². The van der Waals surface area contributed by atoms with Gasteiger partial charge in [0.25, 0.3) is 0 Å². The van der Waals surface area contributed by atoms with E-state index in [9.17, 15) is 4.79 Å². The van der Waals surface area contributed by atoms with E-state index in [1.54, 1.807) is 5.57 Å². The van der Waals surface area contributed by atoms with Crippen LogP contribution in [0.15, 0.2) is 23.3 Å². The normalized spacial score (nSPS) is 37.1. The maximum Gasteiger partial charge on any atom is 0.136 e. The fourth-order valence-corrected chi connectivity index (χ4v) is 4.47. The number of carbonyl (C=O) groups is 1. The Morgan fingerprint density at radius 3 is 2.57 bits per heavy atom. The Labute approximate surface area is 130 Å². The van der Waals surface area contributed by atoms with E-state index in [1.165, 1.54) is 24.8 Å². The van der Waals surface area contributed by atoms with Gasteiger partial charge in [0, 0.05) is 12.3 Å². The van der Waals surface area contributed by atoms with Gasteiger partial charge in [-0.25, -0.2) is 0 Å². The number of fused-ring (bicyclic) bond motifs is 1. The van der Waals surface area contributed by atoms with Gasteiger partial charge in [-0.2, -0.15) is 0 Å². The van der Waals surface area contributed by atoms with Gasteiger partial charge in [0.2, 0.25) is 0 Å². The van der Waals surface area contributed by atoms with Crippen molar-refractivity contribution in [1.82, 2.24) is 0 Å². The van der Waals surface area contributed by atoms with Crippen molar-refractivity contribution < 1.29 is 4.79 Å². The molecule has 4 atom stereocenters. The van der Waals surface area contributed by atoms with Gasteiger partial charge in [0.05, 0.1) is 0 Å². The average molecular weight is 288 g/mol. The summed E-state index contributed by atoms with van der Waals surface area (Å²) in [4.78, 5) is 12.3. The molecule has 2 saturated carbocycles. The van der Waals surface area contributed by atoms with Crippen LogP contribution in [0.4, 0.5) is 0 Å². The first-order chi connectivity index (χ1) is 9.83. The summed E-state index contributed by atoms with van der Waals surface area (Å²) in [5.41, 5.74) is 3.21. The molecule has 0 N–H and O–H groups in total. The summed E-state index contributed by atoms with van der Waals surface area (Å²) in [5.74, 6) is 2.21. The van der Waals surface area contributed by atoms with Gasteiger partial charge in [0.15, 0.2) is 0 Å². The molecular formula is C20H32O. The minimum atomic E-state index is 0.262. The first-order valence-corrected chi connectivity index (χ1v) is 8.66. The predicted octanol–water partition coefficient (Wildman–Crippen LogP) is 5.71. The smallest absolute Gasteiger partial charge is 0.136 e. The van der Waals surface area contributed by atoms with Gasteiger partial charge in [-0.15, -0.1) is 0 Å². The van der Waals surface area contributed by atoms with Gasteiger partial charge >= 0.3 is 0 Å². The van der Waals surface area contributed by atoms with Crippen LogP contribution in [0.1, 0.15) is 73.1 Å². The monoisotopic (exact) mass is 288 g/mol. The van der Waals surface area contributed by atoms with Crippen LogP contribution < -0.4 is 0 Å². The molecule has 0 bridgehead atoms. The molecule has 1 heteroatoms. The summed E-state index contributed by atoms with van der Waals surface area (Å²) in [5, 5.41) is 0. The van der Waals surface area contributed by atoms with E-state index in [0.717, 1.165) is 19.3 Å². The van der Waals surface area contributed by atoms with E-state index in [1.807, 2.05) is 0 Å². The topological polar surface area (TPSA) is 17.1 Å². The quantitative estimate of drug-likeness (QED) is 0.608. The zero-order valence-electron chi connectivity index (χ0n) is 14.5. The van der Waals surface area contributed by atoms with Gasteiger partial charge in [-0.1, -0.05) is 37.1 Å². The number of hydrogen-bond donors (Lipinski definition) is 0. The number of rotatable bonds is 3. The lowest BCUT2D eigenvalue weighted by Gasteiger charge is -2.32. The van der Waals surface area contributed by atoms with E-state index in [2.05, 4.69) is 46.8 Å². The largest absolute Gasteiger partial charge is 0.299 e. The van der Waals surface area contributed by atoms with Crippen molar-refractivity contribution >= 4 is 5.78 Å². The van der Waals surface area contributed by atoms with E-state index >= 15 is 0 Å². The molecule has 0 spiro atoms. The van der Waals surface area contributed by atoms with E-state index in [0.29, 0.717) is 17.6 Å². The first-order valence-electron chi connectivity index (χ1n) is 8.66. The summed E-state index contributed by atoms with van der Waals surface area (Å²) in [6.45, 7) is 11.1. The number of ketones is 1. The molecule has 0 radical (unpaired) electrons. The van der Waals surface area contributed by atoms with Crippen LogP contribution in [0.2, 0.25) is 0 Å². The van der Waals surface area contributed by atoms with Crippen LogP contribution in [0.25, 0.3) is 0 Å². The predicted molar refractivity (Wildman–Crippen MR) is 90.1 cm³/mol. The highest BCUT2D eigenvalue weighted by atomic mass is 16.1. The molecular weight excluding hydrogens is 256 g/mol. The Hall–Kier alpha value is -0.850. The zero-order chi connectivity index (χ0) is 15.6. The van der Waals surface area contributed by atoms with E-state index in [4.69, 9.17) is 0 Å². The first kappa shape index (κ1) is 16.5. The minimum Gasteiger partial charge on any atom is -0.299 e. The van der Waals surface area contributed by atoms with Crippen molar-refractivity contribution in [2.75, 3.05) is 0 Å². The summed E-state index contributed by atoms with van der Waals surface area (Å²) in [6, 6.07) is 0. The summed E-state index contributed by atoms with van der Waals surface area (Å²) in [6.07, 6.45) is 11.4. The highest BCUT2D eigenvalue weighted by Gasteiger charge is 2.48. The van der Waals surface area contributed by atoms with Crippen LogP contribution in [0, 0.1) is 23.2 Å². The van der Waals surface area contributed by atoms with Crippen molar-refractivity contribution in [3.63, 3.8) is 0 Å². The molecule has 2 aliphatic carbocycles. The van der Waals surface area contributed by atoms with Crippen LogP contribution in [-0.2, 0) is 4.79 Å². The molecule has 0 aromatic rings. The van der Waals surface area contributed by atoms with Crippen molar-refractivity contribution in [3.8, 4) is 0 Å². The lowest BCUT2D eigenvalue weighted by Crippen LogP contribution is -2.26. The zero-order valence-corrected chi connectivity index (χ0v) is 14.5. The van der Waals surface area contributed by atoms with E-state index < -0.39 is 0 Å². The molecule has 0 unspecified atom stereocenters. The lowest BCUT2D eigenvalue weighted by atomic mass is 9.72. The molecule has 118 valence electrons. The molecule has 0 heterocycles. The summed E-state index contributed by atoms with van der Waals surface area (Å²) >= 11 is 0. The molecule has 2 rings (SSSR count). The Morgan fingerprint density at radius 2 is 1.90 bits per heavy atom. The molecule has 0 aliphatic heterocycles. The fraction of sp³-hybridized carbons (Fsp3) is 0.750. The lowest BCUT2D eigenvalue weighted by molar-refractivity contribution is -0.124. The van der Waals surface area contributed by atoms with E-state index in [-0.39, 0.29) is 11.3 Å².